The van der Waals surface area contributed by atoms with Crippen molar-refractivity contribution >= 4 is 17.3 Å². The fraction of sp³-hybridized carbons (Fsp3) is 0.333. The third kappa shape index (κ3) is 2.44. The Labute approximate surface area is 91.6 Å². The summed E-state index contributed by atoms with van der Waals surface area (Å²) in [6.07, 6.45) is 0. The van der Waals surface area contributed by atoms with Crippen molar-refractivity contribution in [3.8, 4) is 0 Å². The van der Waals surface area contributed by atoms with E-state index in [0.717, 1.165) is 0 Å². The van der Waals surface area contributed by atoms with Crippen LogP contribution in [0.5, 0.6) is 0 Å². The average molecular weight is 231 g/mol. The molecule has 0 radical (unpaired) electrons. The molecule has 0 saturated carbocycles. The molecule has 0 amide bonds. The molecular formula is C9H11ClN2O3. The number of nitro groups is 1. The molecule has 1 atom stereocenters. The smallest absolute Gasteiger partial charge is 0.288 e. The van der Waals surface area contributed by atoms with Crippen molar-refractivity contribution in [1.29, 1.82) is 0 Å². The van der Waals surface area contributed by atoms with E-state index in [1.54, 1.807) is 0 Å². The topological polar surface area (TPSA) is 89.4 Å². The van der Waals surface area contributed by atoms with Gasteiger partial charge in [0.15, 0.2) is 0 Å². The number of aliphatic hydroxyl groups is 1. The van der Waals surface area contributed by atoms with Crippen LogP contribution in [0, 0.1) is 10.1 Å². The number of nitro benzene ring substituents is 1. The minimum absolute atomic E-state index is 0.0220. The Morgan fingerprint density at radius 3 is 2.73 bits per heavy atom. The summed E-state index contributed by atoms with van der Waals surface area (Å²) in [6, 6.07) is 4.12. The summed E-state index contributed by atoms with van der Waals surface area (Å²) in [6.45, 7) is 1.46. The van der Waals surface area contributed by atoms with E-state index in [1.165, 1.54) is 25.1 Å². The Kier molecular flexibility index (Phi) is 3.28. The van der Waals surface area contributed by atoms with E-state index >= 15 is 0 Å². The van der Waals surface area contributed by atoms with E-state index in [2.05, 4.69) is 0 Å². The highest BCUT2D eigenvalue weighted by molar-refractivity contribution is 6.32. The van der Waals surface area contributed by atoms with Gasteiger partial charge in [-0.1, -0.05) is 17.7 Å². The molecule has 15 heavy (non-hydrogen) atoms. The van der Waals surface area contributed by atoms with E-state index in [1.807, 2.05) is 0 Å². The van der Waals surface area contributed by atoms with Crippen molar-refractivity contribution in [2.75, 3.05) is 6.54 Å². The second-order valence-corrected chi connectivity index (χ2v) is 3.81. The average Bonchev–Trinajstić information content (AvgIpc) is 2.17. The first-order valence-electron chi connectivity index (χ1n) is 4.25. The van der Waals surface area contributed by atoms with Gasteiger partial charge in [-0.15, -0.1) is 0 Å². The Hall–Kier alpha value is -1.17. The van der Waals surface area contributed by atoms with Gasteiger partial charge in [0.2, 0.25) is 0 Å². The van der Waals surface area contributed by atoms with E-state index in [0.29, 0.717) is 5.56 Å². The van der Waals surface area contributed by atoms with Crippen LogP contribution in [0.4, 0.5) is 5.69 Å². The Bertz CT molecular complexity index is 393. The highest BCUT2D eigenvalue weighted by Crippen LogP contribution is 2.29. The van der Waals surface area contributed by atoms with Crippen LogP contribution in [-0.4, -0.2) is 16.6 Å². The predicted octanol–water partition coefficient (Wildman–Crippen LogP) is 1.41. The quantitative estimate of drug-likeness (QED) is 0.607. The lowest BCUT2D eigenvalue weighted by molar-refractivity contribution is -0.384. The van der Waals surface area contributed by atoms with E-state index in [-0.39, 0.29) is 17.3 Å². The van der Waals surface area contributed by atoms with E-state index in [9.17, 15) is 15.2 Å². The molecule has 6 heteroatoms. The maximum Gasteiger partial charge on any atom is 0.288 e. The minimum atomic E-state index is -1.28. The van der Waals surface area contributed by atoms with E-state index in [4.69, 9.17) is 17.3 Å². The Morgan fingerprint density at radius 1 is 1.67 bits per heavy atom. The molecule has 1 unspecified atom stereocenters. The lowest BCUT2D eigenvalue weighted by Gasteiger charge is -2.21. The second kappa shape index (κ2) is 4.14. The summed E-state index contributed by atoms with van der Waals surface area (Å²) in [5, 5.41) is 20.4. The molecule has 82 valence electrons. The highest BCUT2D eigenvalue weighted by atomic mass is 35.5. The first-order chi connectivity index (χ1) is 6.88. The van der Waals surface area contributed by atoms with Crippen LogP contribution in [0.25, 0.3) is 0 Å². The summed E-state index contributed by atoms with van der Waals surface area (Å²) in [7, 11) is 0. The number of halogens is 1. The zero-order valence-electron chi connectivity index (χ0n) is 8.11. The van der Waals surface area contributed by atoms with Gasteiger partial charge in [0.05, 0.1) is 10.5 Å². The predicted molar refractivity (Wildman–Crippen MR) is 56.7 cm³/mol. The molecule has 0 aliphatic carbocycles. The molecule has 1 rings (SSSR count). The van der Waals surface area contributed by atoms with Gasteiger partial charge in [0.25, 0.3) is 5.69 Å². The lowest BCUT2D eigenvalue weighted by atomic mass is 9.96. The minimum Gasteiger partial charge on any atom is -0.384 e. The SMILES string of the molecule is CC(O)(CN)c1ccc(Cl)c([N+](=O)[O-])c1. The van der Waals surface area contributed by atoms with Gasteiger partial charge < -0.3 is 10.8 Å². The molecule has 0 heterocycles. The van der Waals surface area contributed by atoms with Crippen molar-refractivity contribution < 1.29 is 10.0 Å². The number of benzene rings is 1. The van der Waals surface area contributed by atoms with Gasteiger partial charge in [-0.25, -0.2) is 0 Å². The molecule has 0 spiro atoms. The van der Waals surface area contributed by atoms with Crippen LogP contribution in [0.15, 0.2) is 18.2 Å². The fourth-order valence-corrected chi connectivity index (χ4v) is 1.29. The van der Waals surface area contributed by atoms with Crippen molar-refractivity contribution in [2.45, 2.75) is 12.5 Å². The highest BCUT2D eigenvalue weighted by Gasteiger charge is 2.24. The Morgan fingerprint density at radius 2 is 2.27 bits per heavy atom. The molecule has 5 nitrogen and oxygen atoms in total. The van der Waals surface area contributed by atoms with Crippen molar-refractivity contribution in [3.63, 3.8) is 0 Å². The van der Waals surface area contributed by atoms with E-state index < -0.39 is 10.5 Å². The number of nitrogens with two attached hydrogens (primary N) is 1. The van der Waals surface area contributed by atoms with Crippen LogP contribution in [0.2, 0.25) is 5.02 Å². The second-order valence-electron chi connectivity index (χ2n) is 3.40. The van der Waals surface area contributed by atoms with Crippen LogP contribution in [-0.2, 0) is 5.60 Å². The molecule has 0 saturated heterocycles. The summed E-state index contributed by atoms with van der Waals surface area (Å²) in [5.41, 5.74) is 4.21. The fourth-order valence-electron chi connectivity index (χ4n) is 1.11. The molecule has 1 aromatic rings. The third-order valence-electron chi connectivity index (χ3n) is 2.16. The molecule has 0 aliphatic rings. The molecule has 0 bridgehead atoms. The number of rotatable bonds is 3. The molecular weight excluding hydrogens is 220 g/mol. The van der Waals surface area contributed by atoms with Crippen molar-refractivity contribution in [1.82, 2.24) is 0 Å². The molecule has 1 aromatic carbocycles. The molecule has 0 fully saturated rings. The first-order valence-corrected chi connectivity index (χ1v) is 4.63. The van der Waals surface area contributed by atoms with Gasteiger partial charge in [0.1, 0.15) is 5.02 Å². The number of hydrogen-bond acceptors (Lipinski definition) is 4. The van der Waals surface area contributed by atoms with Gasteiger partial charge in [-0.05, 0) is 18.6 Å². The summed E-state index contributed by atoms with van der Waals surface area (Å²) in [4.78, 5) is 10.00. The number of hydrogen-bond donors (Lipinski definition) is 2. The van der Waals surface area contributed by atoms with Crippen LogP contribution in [0.3, 0.4) is 0 Å². The van der Waals surface area contributed by atoms with Crippen molar-refractivity contribution in [3.05, 3.63) is 38.9 Å². The zero-order chi connectivity index (χ0) is 11.6. The normalized spacial score (nSPS) is 14.7. The standard InChI is InChI=1S/C9H11ClN2O3/c1-9(13,5-11)6-2-3-7(10)8(4-6)12(14)15/h2-4,13H,5,11H2,1H3. The first kappa shape index (κ1) is 11.9. The molecule has 3 N–H and O–H groups in total. The van der Waals surface area contributed by atoms with Crippen molar-refractivity contribution in [2.24, 2.45) is 5.73 Å². The van der Waals surface area contributed by atoms with Gasteiger partial charge in [-0.2, -0.15) is 0 Å². The lowest BCUT2D eigenvalue weighted by Crippen LogP contribution is -2.31. The number of nitrogens with zero attached hydrogens (tertiary/aromatic N) is 1. The van der Waals surface area contributed by atoms with Gasteiger partial charge in [-0.3, -0.25) is 10.1 Å². The van der Waals surface area contributed by atoms with Crippen LogP contribution < -0.4 is 5.73 Å². The molecule has 0 aliphatic heterocycles. The summed E-state index contributed by atoms with van der Waals surface area (Å²) < 4.78 is 0. The Balaban J connectivity index is 3.25. The van der Waals surface area contributed by atoms with Gasteiger partial charge in [0, 0.05) is 12.6 Å². The third-order valence-corrected chi connectivity index (χ3v) is 2.48. The largest absolute Gasteiger partial charge is 0.384 e. The van der Waals surface area contributed by atoms with Gasteiger partial charge >= 0.3 is 0 Å². The summed E-state index contributed by atoms with van der Waals surface area (Å²) >= 11 is 5.63. The van der Waals surface area contributed by atoms with Crippen LogP contribution >= 0.6 is 11.6 Å². The zero-order valence-corrected chi connectivity index (χ0v) is 8.86. The summed E-state index contributed by atoms with van der Waals surface area (Å²) in [5.74, 6) is 0. The van der Waals surface area contributed by atoms with Crippen LogP contribution in [0.1, 0.15) is 12.5 Å². The maximum atomic E-state index is 10.6. The maximum absolute atomic E-state index is 10.6. The molecule has 0 aromatic heterocycles. The monoisotopic (exact) mass is 230 g/mol.